The molecule has 0 aliphatic rings. The maximum absolute atomic E-state index is 8.78. The van der Waals surface area contributed by atoms with Crippen LogP contribution in [0.25, 0.3) is 31.6 Å². The van der Waals surface area contributed by atoms with Gasteiger partial charge in [-0.05, 0) is 53.9 Å². The van der Waals surface area contributed by atoms with E-state index < -0.39 is 12.3 Å². The maximum Gasteiger partial charge on any atom is 0.124 e. The van der Waals surface area contributed by atoms with E-state index in [1.54, 1.807) is 17.5 Å². The molecule has 3 heterocycles. The van der Waals surface area contributed by atoms with Crippen molar-refractivity contribution in [2.24, 2.45) is 11.8 Å². The summed E-state index contributed by atoms with van der Waals surface area (Å²) >= 11 is 1.58. The molecule has 1 atom stereocenters. The quantitative estimate of drug-likeness (QED) is 0.352. The lowest BCUT2D eigenvalue weighted by Crippen LogP contribution is -2.02. The summed E-state index contributed by atoms with van der Waals surface area (Å²) in [5.41, 5.74) is 3.31. The van der Waals surface area contributed by atoms with E-state index in [0.717, 1.165) is 37.1 Å². The molecule has 0 bridgehead atoms. The third-order valence-corrected chi connectivity index (χ3v) is 6.31. The van der Waals surface area contributed by atoms with Gasteiger partial charge in [-0.1, -0.05) is 52.8 Å². The van der Waals surface area contributed by atoms with Crippen LogP contribution in [-0.2, 0) is 6.37 Å². The Hall–Kier alpha value is -2.26. The van der Waals surface area contributed by atoms with Gasteiger partial charge in [-0.25, -0.2) is 4.98 Å². The van der Waals surface area contributed by atoms with E-state index in [4.69, 9.17) is 9.10 Å². The van der Waals surface area contributed by atoms with E-state index in [0.29, 0.717) is 5.69 Å². The summed E-state index contributed by atoms with van der Waals surface area (Å²) in [4.78, 5) is 10.2. The van der Waals surface area contributed by atoms with Crippen LogP contribution in [0.15, 0.2) is 48.7 Å². The zero-order valence-corrected chi connectivity index (χ0v) is 17.9. The smallest absolute Gasteiger partial charge is 0.124 e. The zero-order chi connectivity index (χ0) is 22.6. The molecule has 0 spiro atoms. The fourth-order valence-corrected chi connectivity index (χ4v) is 4.61. The van der Waals surface area contributed by atoms with Crippen LogP contribution in [0.1, 0.15) is 55.9 Å². The van der Waals surface area contributed by atoms with Gasteiger partial charge in [0.2, 0.25) is 0 Å². The van der Waals surface area contributed by atoms with E-state index in [2.05, 4.69) is 31.0 Å². The second kappa shape index (κ2) is 7.63. The standard InChI is InChI=1S/C25H28N2S/c1-15(2)13-19-9-10-21-20-7-6-8-22(24(20)28-25(21)27-19)23-14-18(11-12-26-23)17(5)16(3)4/h6-12,14-17H,13H2,1-5H3/i13D2,17D. The molecule has 0 saturated carbocycles. The van der Waals surface area contributed by atoms with Crippen molar-refractivity contribution in [1.29, 1.82) is 0 Å². The van der Waals surface area contributed by atoms with E-state index in [-0.39, 0.29) is 11.8 Å². The van der Waals surface area contributed by atoms with Crippen LogP contribution in [0.2, 0.25) is 0 Å². The van der Waals surface area contributed by atoms with Crippen LogP contribution >= 0.6 is 11.3 Å². The molecule has 3 heteroatoms. The van der Waals surface area contributed by atoms with Crippen LogP contribution in [0.3, 0.4) is 0 Å². The summed E-state index contributed by atoms with van der Waals surface area (Å²) in [5.74, 6) is -0.666. The zero-order valence-electron chi connectivity index (χ0n) is 20.1. The van der Waals surface area contributed by atoms with Crippen molar-refractivity contribution in [3.05, 3.63) is 59.9 Å². The summed E-state index contributed by atoms with van der Waals surface area (Å²) in [6.07, 6.45) is 0.317. The number of nitrogens with zero attached hydrogens (tertiary/aromatic N) is 2. The van der Waals surface area contributed by atoms with Gasteiger partial charge in [0, 0.05) is 37.0 Å². The van der Waals surface area contributed by atoms with Crippen molar-refractivity contribution in [1.82, 2.24) is 9.97 Å². The molecule has 0 fully saturated rings. The lowest BCUT2D eigenvalue weighted by Gasteiger charge is -2.16. The van der Waals surface area contributed by atoms with E-state index in [9.17, 15) is 0 Å². The molecule has 144 valence electrons. The van der Waals surface area contributed by atoms with E-state index in [1.807, 2.05) is 51.1 Å². The van der Waals surface area contributed by atoms with Crippen molar-refractivity contribution in [3.8, 4) is 11.3 Å². The Balaban J connectivity index is 1.89. The molecule has 4 rings (SSSR count). The van der Waals surface area contributed by atoms with Gasteiger partial charge in [0.15, 0.2) is 0 Å². The number of hydrogen-bond acceptors (Lipinski definition) is 3. The molecule has 28 heavy (non-hydrogen) atoms. The number of benzene rings is 1. The third kappa shape index (κ3) is 3.56. The summed E-state index contributed by atoms with van der Waals surface area (Å²) in [6.45, 7) is 9.85. The Morgan fingerprint density at radius 2 is 1.86 bits per heavy atom. The van der Waals surface area contributed by atoms with Crippen molar-refractivity contribution in [2.75, 3.05) is 0 Å². The highest BCUT2D eigenvalue weighted by molar-refractivity contribution is 7.26. The monoisotopic (exact) mass is 391 g/mol. The molecule has 0 radical (unpaired) electrons. The minimum absolute atomic E-state index is 0.158. The normalized spacial score (nSPS) is 16.3. The van der Waals surface area contributed by atoms with Crippen LogP contribution in [0, 0.1) is 11.8 Å². The molecule has 3 aromatic heterocycles. The fourth-order valence-electron chi connectivity index (χ4n) is 3.41. The minimum atomic E-state index is -1.47. The first-order valence-electron chi connectivity index (χ1n) is 11.3. The second-order valence-electron chi connectivity index (χ2n) is 7.90. The molecular weight excluding hydrogens is 360 g/mol. The molecule has 0 N–H and O–H groups in total. The Morgan fingerprint density at radius 3 is 2.61 bits per heavy atom. The van der Waals surface area contributed by atoms with Crippen LogP contribution in [0.5, 0.6) is 0 Å². The number of rotatable bonds is 5. The van der Waals surface area contributed by atoms with Gasteiger partial charge in [-0.3, -0.25) is 4.98 Å². The third-order valence-electron chi connectivity index (χ3n) is 5.16. The van der Waals surface area contributed by atoms with Crippen molar-refractivity contribution in [3.63, 3.8) is 0 Å². The van der Waals surface area contributed by atoms with E-state index in [1.165, 1.54) is 0 Å². The number of fused-ring (bicyclic) bond motifs is 3. The average molecular weight is 392 g/mol. The lowest BCUT2D eigenvalue weighted by atomic mass is 9.90. The Labute approximate surface area is 175 Å². The second-order valence-corrected chi connectivity index (χ2v) is 8.90. The first-order valence-corrected chi connectivity index (χ1v) is 10.6. The molecule has 0 amide bonds. The lowest BCUT2D eigenvalue weighted by molar-refractivity contribution is 0.535. The predicted octanol–water partition coefficient (Wildman–Crippen LogP) is 7.47. The largest absolute Gasteiger partial charge is 0.256 e. The highest BCUT2D eigenvalue weighted by Gasteiger charge is 2.15. The van der Waals surface area contributed by atoms with Crippen molar-refractivity contribution >= 4 is 31.6 Å². The molecule has 2 nitrogen and oxygen atoms in total. The van der Waals surface area contributed by atoms with E-state index >= 15 is 0 Å². The Bertz CT molecular complexity index is 1260. The Morgan fingerprint density at radius 1 is 1.04 bits per heavy atom. The van der Waals surface area contributed by atoms with Crippen molar-refractivity contribution < 1.29 is 4.11 Å². The molecule has 1 aromatic carbocycles. The van der Waals surface area contributed by atoms with Gasteiger partial charge in [-0.2, -0.15) is 0 Å². The first kappa shape index (κ1) is 15.6. The predicted molar refractivity (Wildman–Crippen MR) is 122 cm³/mol. The van der Waals surface area contributed by atoms with Crippen LogP contribution in [-0.4, -0.2) is 9.97 Å². The molecular formula is C25H28N2S. The highest BCUT2D eigenvalue weighted by atomic mass is 32.1. The topological polar surface area (TPSA) is 25.8 Å². The summed E-state index contributed by atoms with van der Waals surface area (Å²) in [6, 6.07) is 13.9. The summed E-state index contributed by atoms with van der Waals surface area (Å²) < 4.78 is 26.7. The minimum Gasteiger partial charge on any atom is -0.256 e. The van der Waals surface area contributed by atoms with Crippen LogP contribution < -0.4 is 0 Å². The summed E-state index contributed by atoms with van der Waals surface area (Å²) in [7, 11) is 0. The maximum atomic E-state index is 8.78. The fraction of sp³-hybridized carbons (Fsp3) is 0.360. The Kier molecular flexibility index (Phi) is 4.26. The number of pyridine rings is 2. The van der Waals surface area contributed by atoms with Gasteiger partial charge < -0.3 is 0 Å². The van der Waals surface area contributed by atoms with Gasteiger partial charge in [-0.15, -0.1) is 11.3 Å². The molecule has 4 aromatic rings. The van der Waals surface area contributed by atoms with Gasteiger partial charge in [0.1, 0.15) is 4.83 Å². The highest BCUT2D eigenvalue weighted by Crippen LogP contribution is 2.39. The van der Waals surface area contributed by atoms with Gasteiger partial charge in [0.05, 0.1) is 5.69 Å². The molecule has 0 aliphatic heterocycles. The average Bonchev–Trinajstić information content (AvgIpc) is 3.11. The SMILES string of the molecule is [2H]C([2H])(c1ccc2c(n1)sc1c(-c3cc(C([2H])(C)C(C)C)ccn3)cccc12)C(C)C. The molecule has 0 aliphatic carbocycles. The number of hydrogen-bond donors (Lipinski definition) is 0. The first-order chi connectivity index (χ1) is 14.5. The number of thiophene rings is 1. The van der Waals surface area contributed by atoms with Crippen molar-refractivity contribution in [2.45, 2.75) is 46.9 Å². The number of aromatic nitrogens is 2. The van der Waals surface area contributed by atoms with Crippen LogP contribution in [0.4, 0.5) is 0 Å². The molecule has 0 saturated heterocycles. The van der Waals surface area contributed by atoms with Gasteiger partial charge >= 0.3 is 0 Å². The summed E-state index contributed by atoms with van der Waals surface area (Å²) in [5, 5.41) is 2.14. The molecule has 1 unspecified atom stereocenters. The van der Waals surface area contributed by atoms with Gasteiger partial charge in [0.25, 0.3) is 0 Å².